The molecular formula is C19H19N3OS. The minimum atomic E-state index is -0.111. The Morgan fingerprint density at radius 1 is 1.04 bits per heavy atom. The van der Waals surface area contributed by atoms with E-state index in [1.807, 2.05) is 47.8 Å². The lowest BCUT2D eigenvalue weighted by molar-refractivity contribution is 0.102. The Balaban J connectivity index is 1.69. The number of carbonyl (C=O) groups excluding carboxylic acids is 1. The predicted octanol–water partition coefficient (Wildman–Crippen LogP) is 4.88. The van der Waals surface area contributed by atoms with Gasteiger partial charge in [0.25, 0.3) is 5.91 Å². The Morgan fingerprint density at radius 2 is 1.75 bits per heavy atom. The van der Waals surface area contributed by atoms with Crippen molar-refractivity contribution in [2.24, 2.45) is 0 Å². The second kappa shape index (κ2) is 7.27. The molecule has 5 heteroatoms. The van der Waals surface area contributed by atoms with E-state index < -0.39 is 0 Å². The van der Waals surface area contributed by atoms with Gasteiger partial charge in [-0.2, -0.15) is 0 Å². The molecule has 0 saturated carbocycles. The van der Waals surface area contributed by atoms with Crippen molar-refractivity contribution in [2.45, 2.75) is 19.9 Å². The van der Waals surface area contributed by atoms with Gasteiger partial charge in [0.15, 0.2) is 5.13 Å². The normalized spacial score (nSPS) is 10.6. The molecule has 4 nitrogen and oxygen atoms in total. The fraction of sp³-hybridized carbons (Fsp3) is 0.158. The van der Waals surface area contributed by atoms with Crippen LogP contribution in [0.3, 0.4) is 0 Å². The van der Waals surface area contributed by atoms with Gasteiger partial charge in [-0.15, -0.1) is 11.3 Å². The number of hydrogen-bond acceptors (Lipinski definition) is 4. The number of nitrogens with one attached hydrogen (secondary N) is 2. The van der Waals surface area contributed by atoms with Gasteiger partial charge >= 0.3 is 0 Å². The van der Waals surface area contributed by atoms with E-state index in [2.05, 4.69) is 29.5 Å². The summed E-state index contributed by atoms with van der Waals surface area (Å²) < 4.78 is 0. The molecule has 1 amide bonds. The fourth-order valence-corrected chi connectivity index (χ4v) is 3.10. The first-order valence-electron chi connectivity index (χ1n) is 7.81. The minimum absolute atomic E-state index is 0.111. The van der Waals surface area contributed by atoms with Crippen LogP contribution in [0.25, 0.3) is 11.3 Å². The highest BCUT2D eigenvalue weighted by atomic mass is 32.1. The molecule has 0 saturated heterocycles. The molecule has 0 atom stereocenters. The molecule has 0 unspecified atom stereocenters. The summed E-state index contributed by atoms with van der Waals surface area (Å²) in [5.41, 5.74) is 3.37. The van der Waals surface area contributed by atoms with Crippen molar-refractivity contribution in [1.82, 2.24) is 4.98 Å². The molecule has 0 fully saturated rings. The molecule has 0 bridgehead atoms. The van der Waals surface area contributed by atoms with Crippen LogP contribution in [0, 0.1) is 0 Å². The molecule has 3 aromatic rings. The van der Waals surface area contributed by atoms with Crippen molar-refractivity contribution in [1.29, 1.82) is 0 Å². The van der Waals surface area contributed by atoms with E-state index in [0.717, 1.165) is 22.1 Å². The van der Waals surface area contributed by atoms with Crippen LogP contribution < -0.4 is 10.6 Å². The molecule has 0 spiro atoms. The molecule has 0 aliphatic carbocycles. The summed E-state index contributed by atoms with van der Waals surface area (Å²) in [7, 11) is 0. The maximum absolute atomic E-state index is 12.1. The van der Waals surface area contributed by atoms with Gasteiger partial charge in [-0.1, -0.05) is 30.3 Å². The summed E-state index contributed by atoms with van der Waals surface area (Å²) in [6.45, 7) is 4.18. The molecule has 1 heterocycles. The Bertz CT molecular complexity index is 810. The van der Waals surface area contributed by atoms with E-state index in [9.17, 15) is 4.79 Å². The molecule has 0 radical (unpaired) electrons. The van der Waals surface area contributed by atoms with Gasteiger partial charge in [0, 0.05) is 28.2 Å². The average Bonchev–Trinajstić information content (AvgIpc) is 3.04. The molecule has 24 heavy (non-hydrogen) atoms. The van der Waals surface area contributed by atoms with E-state index in [4.69, 9.17) is 0 Å². The van der Waals surface area contributed by atoms with Gasteiger partial charge in [-0.3, -0.25) is 4.79 Å². The zero-order valence-electron chi connectivity index (χ0n) is 13.6. The first kappa shape index (κ1) is 16.2. The van der Waals surface area contributed by atoms with Crippen molar-refractivity contribution >= 4 is 28.1 Å². The molecule has 3 rings (SSSR count). The first-order valence-corrected chi connectivity index (χ1v) is 8.68. The average molecular weight is 337 g/mol. The molecule has 2 N–H and O–H groups in total. The smallest absolute Gasteiger partial charge is 0.255 e. The lowest BCUT2D eigenvalue weighted by Crippen LogP contribution is -2.11. The fourth-order valence-electron chi connectivity index (χ4n) is 2.24. The number of nitrogens with zero attached hydrogens (tertiary/aromatic N) is 1. The highest BCUT2D eigenvalue weighted by Gasteiger charge is 2.07. The number of benzene rings is 2. The number of aromatic nitrogens is 1. The molecule has 122 valence electrons. The van der Waals surface area contributed by atoms with Gasteiger partial charge in [0.05, 0.1) is 5.69 Å². The summed E-state index contributed by atoms with van der Waals surface area (Å²) in [4.78, 5) is 16.7. The molecule has 1 aromatic heterocycles. The number of amides is 1. The summed E-state index contributed by atoms with van der Waals surface area (Å²) in [5.74, 6) is -0.111. The highest BCUT2D eigenvalue weighted by molar-refractivity contribution is 7.14. The number of anilines is 2. The van der Waals surface area contributed by atoms with Crippen LogP contribution in [-0.2, 0) is 0 Å². The van der Waals surface area contributed by atoms with E-state index in [1.54, 1.807) is 23.5 Å². The minimum Gasteiger partial charge on any atom is -0.359 e. The number of thiazole rings is 1. The highest BCUT2D eigenvalue weighted by Crippen LogP contribution is 2.26. The van der Waals surface area contributed by atoms with Gasteiger partial charge < -0.3 is 10.6 Å². The van der Waals surface area contributed by atoms with Crippen molar-refractivity contribution in [3.63, 3.8) is 0 Å². The zero-order chi connectivity index (χ0) is 16.9. The lowest BCUT2D eigenvalue weighted by atomic mass is 10.1. The summed E-state index contributed by atoms with van der Waals surface area (Å²) in [5, 5.41) is 9.15. The Labute approximate surface area is 145 Å². The third kappa shape index (κ3) is 4.00. The van der Waals surface area contributed by atoms with Crippen LogP contribution in [0.1, 0.15) is 24.2 Å². The summed E-state index contributed by atoms with van der Waals surface area (Å²) >= 11 is 1.59. The van der Waals surface area contributed by atoms with E-state index in [1.165, 1.54) is 0 Å². The Hall–Kier alpha value is -2.66. The molecular weight excluding hydrogens is 318 g/mol. The SMILES string of the molecule is CC(C)Nc1nc(-c2ccc(NC(=O)c3ccccc3)cc2)cs1. The van der Waals surface area contributed by atoms with Crippen molar-refractivity contribution in [2.75, 3.05) is 10.6 Å². The topological polar surface area (TPSA) is 54.0 Å². The lowest BCUT2D eigenvalue weighted by Gasteiger charge is -2.06. The van der Waals surface area contributed by atoms with Gasteiger partial charge in [-0.25, -0.2) is 4.98 Å². The van der Waals surface area contributed by atoms with Crippen LogP contribution in [0.15, 0.2) is 60.0 Å². The van der Waals surface area contributed by atoms with E-state index >= 15 is 0 Å². The number of hydrogen-bond donors (Lipinski definition) is 2. The van der Waals surface area contributed by atoms with Crippen molar-refractivity contribution in [3.05, 3.63) is 65.5 Å². The van der Waals surface area contributed by atoms with Crippen LogP contribution in [-0.4, -0.2) is 16.9 Å². The van der Waals surface area contributed by atoms with Gasteiger partial charge in [0.1, 0.15) is 0 Å². The third-order valence-corrected chi connectivity index (χ3v) is 4.16. The largest absolute Gasteiger partial charge is 0.359 e. The second-order valence-corrected chi connectivity index (χ2v) is 6.59. The van der Waals surface area contributed by atoms with E-state index in [-0.39, 0.29) is 5.91 Å². The van der Waals surface area contributed by atoms with Gasteiger partial charge in [-0.05, 0) is 38.1 Å². The van der Waals surface area contributed by atoms with Crippen LogP contribution in [0.2, 0.25) is 0 Å². The Morgan fingerprint density at radius 3 is 2.42 bits per heavy atom. The first-order chi connectivity index (χ1) is 11.6. The predicted molar refractivity (Wildman–Crippen MR) is 101 cm³/mol. The Kier molecular flexibility index (Phi) is 4.91. The summed E-state index contributed by atoms with van der Waals surface area (Å²) in [6.07, 6.45) is 0. The van der Waals surface area contributed by atoms with Crippen LogP contribution in [0.5, 0.6) is 0 Å². The molecule has 0 aliphatic heterocycles. The van der Waals surface area contributed by atoms with Crippen molar-refractivity contribution < 1.29 is 4.79 Å². The van der Waals surface area contributed by atoms with E-state index in [0.29, 0.717) is 11.6 Å². The zero-order valence-corrected chi connectivity index (χ0v) is 14.4. The maximum atomic E-state index is 12.1. The number of carbonyl (C=O) groups is 1. The third-order valence-electron chi connectivity index (χ3n) is 3.39. The monoisotopic (exact) mass is 337 g/mol. The van der Waals surface area contributed by atoms with Gasteiger partial charge in [0.2, 0.25) is 0 Å². The van der Waals surface area contributed by atoms with Crippen LogP contribution >= 0.6 is 11.3 Å². The second-order valence-electron chi connectivity index (χ2n) is 5.73. The van der Waals surface area contributed by atoms with Crippen LogP contribution in [0.4, 0.5) is 10.8 Å². The quantitative estimate of drug-likeness (QED) is 0.697. The summed E-state index contributed by atoms with van der Waals surface area (Å²) in [6, 6.07) is 17.3. The van der Waals surface area contributed by atoms with Crippen molar-refractivity contribution in [3.8, 4) is 11.3 Å². The number of rotatable bonds is 5. The molecule has 0 aliphatic rings. The molecule has 2 aromatic carbocycles. The standard InChI is InChI=1S/C19H19N3OS/c1-13(2)20-19-22-17(12-24-19)14-8-10-16(11-9-14)21-18(23)15-6-4-3-5-7-15/h3-13H,1-2H3,(H,20,22)(H,21,23). The maximum Gasteiger partial charge on any atom is 0.255 e.